The molecule has 1 saturated carbocycles. The molecule has 1 aliphatic rings. The van der Waals surface area contributed by atoms with Gasteiger partial charge in [-0.3, -0.25) is 0 Å². The molecule has 0 amide bonds. The van der Waals surface area contributed by atoms with Crippen molar-refractivity contribution in [2.75, 3.05) is 17.3 Å². The van der Waals surface area contributed by atoms with Crippen LogP contribution in [0.2, 0.25) is 0 Å². The second-order valence-electron chi connectivity index (χ2n) is 4.40. The summed E-state index contributed by atoms with van der Waals surface area (Å²) in [5.41, 5.74) is 7.90. The first-order chi connectivity index (χ1) is 7.81. The second-order valence-corrected chi connectivity index (χ2v) is 5.47. The van der Waals surface area contributed by atoms with Gasteiger partial charge in [0.25, 0.3) is 0 Å². The summed E-state index contributed by atoms with van der Waals surface area (Å²) in [7, 11) is 0. The van der Waals surface area contributed by atoms with Gasteiger partial charge in [0.05, 0.1) is 11.4 Å². The van der Waals surface area contributed by atoms with Crippen molar-refractivity contribution in [3.63, 3.8) is 0 Å². The molecule has 0 bridgehead atoms. The normalized spacial score (nSPS) is 25.3. The molecule has 1 fully saturated rings. The molecule has 1 aromatic carbocycles. The molecule has 2 rings (SSSR count). The fourth-order valence-corrected chi connectivity index (χ4v) is 3.31. The Kier molecular flexibility index (Phi) is 3.99. The van der Waals surface area contributed by atoms with Crippen LogP contribution in [0.25, 0.3) is 0 Å². The number of anilines is 2. The van der Waals surface area contributed by atoms with E-state index in [1.54, 1.807) is 0 Å². The molecule has 1 aromatic rings. The Morgan fingerprint density at radius 1 is 1.25 bits per heavy atom. The summed E-state index contributed by atoms with van der Waals surface area (Å²) in [4.78, 5) is 0. The molecular weight excluding hydrogens is 216 g/mol. The highest BCUT2D eigenvalue weighted by molar-refractivity contribution is 7.99. The Morgan fingerprint density at radius 2 is 2.00 bits per heavy atom. The van der Waals surface area contributed by atoms with Crippen molar-refractivity contribution in [3.8, 4) is 0 Å². The summed E-state index contributed by atoms with van der Waals surface area (Å²) in [5.74, 6) is 0. The highest BCUT2D eigenvalue weighted by Crippen LogP contribution is 2.30. The molecule has 0 aromatic heterocycles. The molecule has 2 unspecified atom stereocenters. The van der Waals surface area contributed by atoms with E-state index in [2.05, 4.69) is 17.6 Å². The third kappa shape index (κ3) is 2.64. The Labute approximate surface area is 102 Å². The first-order valence-electron chi connectivity index (χ1n) is 5.95. The Morgan fingerprint density at radius 3 is 2.75 bits per heavy atom. The van der Waals surface area contributed by atoms with Gasteiger partial charge in [0.2, 0.25) is 0 Å². The zero-order chi connectivity index (χ0) is 11.4. The number of nitrogen functional groups attached to an aromatic ring is 1. The van der Waals surface area contributed by atoms with Gasteiger partial charge < -0.3 is 11.1 Å². The quantitative estimate of drug-likeness (QED) is 0.790. The molecule has 3 heteroatoms. The van der Waals surface area contributed by atoms with Crippen molar-refractivity contribution in [3.05, 3.63) is 24.3 Å². The van der Waals surface area contributed by atoms with Gasteiger partial charge in [-0.2, -0.15) is 11.8 Å². The highest BCUT2D eigenvalue weighted by Gasteiger charge is 2.24. The van der Waals surface area contributed by atoms with E-state index in [0.29, 0.717) is 6.04 Å². The number of thioether (sulfide) groups is 1. The average molecular weight is 236 g/mol. The van der Waals surface area contributed by atoms with E-state index < -0.39 is 0 Å². The van der Waals surface area contributed by atoms with Gasteiger partial charge >= 0.3 is 0 Å². The van der Waals surface area contributed by atoms with Crippen LogP contribution in [0.5, 0.6) is 0 Å². The van der Waals surface area contributed by atoms with Gasteiger partial charge in [0.15, 0.2) is 0 Å². The molecule has 0 saturated heterocycles. The van der Waals surface area contributed by atoms with Gasteiger partial charge in [-0.15, -0.1) is 0 Å². The summed E-state index contributed by atoms with van der Waals surface area (Å²) in [6.07, 6.45) is 7.50. The standard InChI is InChI=1S/C13H20N2S/c1-16-13-9-5-4-8-12(13)15-11-7-3-2-6-10(11)14/h2-3,6-7,12-13,15H,4-5,8-9,14H2,1H3. The molecule has 0 radical (unpaired) electrons. The zero-order valence-electron chi connectivity index (χ0n) is 9.78. The maximum absolute atomic E-state index is 5.96. The zero-order valence-corrected chi connectivity index (χ0v) is 10.6. The van der Waals surface area contributed by atoms with E-state index in [4.69, 9.17) is 5.73 Å². The van der Waals surface area contributed by atoms with Crippen molar-refractivity contribution in [1.29, 1.82) is 0 Å². The summed E-state index contributed by atoms with van der Waals surface area (Å²) in [6.45, 7) is 0. The first kappa shape index (κ1) is 11.6. The average Bonchev–Trinajstić information content (AvgIpc) is 2.33. The number of rotatable bonds is 3. The number of hydrogen-bond donors (Lipinski definition) is 2. The van der Waals surface area contributed by atoms with Crippen molar-refractivity contribution < 1.29 is 0 Å². The SMILES string of the molecule is CSC1CCCCC1Nc1ccccc1N. The van der Waals surface area contributed by atoms with Gasteiger partial charge in [-0.1, -0.05) is 25.0 Å². The number of hydrogen-bond acceptors (Lipinski definition) is 3. The fourth-order valence-electron chi connectivity index (χ4n) is 2.37. The maximum atomic E-state index is 5.96. The summed E-state index contributed by atoms with van der Waals surface area (Å²) >= 11 is 1.98. The van der Waals surface area contributed by atoms with E-state index >= 15 is 0 Å². The smallest absolute Gasteiger partial charge is 0.0576 e. The Bertz CT molecular complexity index is 340. The largest absolute Gasteiger partial charge is 0.397 e. The molecule has 2 atom stereocenters. The third-order valence-corrected chi connectivity index (χ3v) is 4.48. The molecule has 16 heavy (non-hydrogen) atoms. The number of benzene rings is 1. The van der Waals surface area contributed by atoms with Crippen LogP contribution in [0.4, 0.5) is 11.4 Å². The van der Waals surface area contributed by atoms with E-state index in [9.17, 15) is 0 Å². The molecule has 1 aliphatic carbocycles. The molecule has 0 spiro atoms. The van der Waals surface area contributed by atoms with Crippen LogP contribution in [-0.2, 0) is 0 Å². The van der Waals surface area contributed by atoms with Gasteiger partial charge in [0.1, 0.15) is 0 Å². The van der Waals surface area contributed by atoms with Gasteiger partial charge in [-0.25, -0.2) is 0 Å². The van der Waals surface area contributed by atoms with Crippen molar-refractivity contribution >= 4 is 23.1 Å². The number of nitrogens with one attached hydrogen (secondary N) is 1. The van der Waals surface area contributed by atoms with Crippen LogP contribution in [0.1, 0.15) is 25.7 Å². The van der Waals surface area contributed by atoms with Crippen LogP contribution in [-0.4, -0.2) is 17.5 Å². The molecule has 0 heterocycles. The van der Waals surface area contributed by atoms with E-state index in [1.165, 1.54) is 25.7 Å². The molecule has 3 N–H and O–H groups in total. The minimum atomic E-state index is 0.577. The maximum Gasteiger partial charge on any atom is 0.0576 e. The van der Waals surface area contributed by atoms with Crippen LogP contribution in [0.3, 0.4) is 0 Å². The lowest BCUT2D eigenvalue weighted by atomic mass is 9.94. The second kappa shape index (κ2) is 5.48. The number of nitrogens with two attached hydrogens (primary N) is 1. The van der Waals surface area contributed by atoms with E-state index in [-0.39, 0.29) is 0 Å². The lowest BCUT2D eigenvalue weighted by molar-refractivity contribution is 0.475. The lowest BCUT2D eigenvalue weighted by Gasteiger charge is -2.32. The Balaban J connectivity index is 2.05. The van der Waals surface area contributed by atoms with Crippen molar-refractivity contribution in [1.82, 2.24) is 0 Å². The van der Waals surface area contributed by atoms with Crippen LogP contribution < -0.4 is 11.1 Å². The van der Waals surface area contributed by atoms with Crippen LogP contribution >= 0.6 is 11.8 Å². The highest BCUT2D eigenvalue weighted by atomic mass is 32.2. The van der Waals surface area contributed by atoms with E-state index in [0.717, 1.165) is 16.6 Å². The lowest BCUT2D eigenvalue weighted by Crippen LogP contribution is -2.34. The first-order valence-corrected chi connectivity index (χ1v) is 7.24. The molecule has 0 aliphatic heterocycles. The number of para-hydroxylation sites is 2. The summed E-state index contributed by atoms with van der Waals surface area (Å²) < 4.78 is 0. The Hall–Kier alpha value is -0.830. The monoisotopic (exact) mass is 236 g/mol. The topological polar surface area (TPSA) is 38.0 Å². The van der Waals surface area contributed by atoms with Gasteiger partial charge in [0, 0.05) is 11.3 Å². The van der Waals surface area contributed by atoms with Crippen molar-refractivity contribution in [2.24, 2.45) is 0 Å². The molecule has 88 valence electrons. The van der Waals surface area contributed by atoms with Crippen LogP contribution in [0.15, 0.2) is 24.3 Å². The predicted molar refractivity (Wildman–Crippen MR) is 74.0 cm³/mol. The van der Waals surface area contributed by atoms with Gasteiger partial charge in [-0.05, 0) is 31.2 Å². The molecule has 2 nitrogen and oxygen atoms in total. The third-order valence-electron chi connectivity index (χ3n) is 3.31. The molecular formula is C13H20N2S. The van der Waals surface area contributed by atoms with Crippen LogP contribution in [0, 0.1) is 0 Å². The predicted octanol–water partition coefficient (Wildman–Crippen LogP) is 3.35. The summed E-state index contributed by atoms with van der Waals surface area (Å²) in [5, 5.41) is 4.33. The fraction of sp³-hybridized carbons (Fsp3) is 0.538. The van der Waals surface area contributed by atoms with E-state index in [1.807, 2.05) is 30.0 Å². The minimum Gasteiger partial charge on any atom is -0.397 e. The summed E-state index contributed by atoms with van der Waals surface area (Å²) in [6, 6.07) is 8.62. The minimum absolute atomic E-state index is 0.577. The van der Waals surface area contributed by atoms with Crippen molar-refractivity contribution in [2.45, 2.75) is 37.0 Å².